The highest BCUT2D eigenvalue weighted by molar-refractivity contribution is 4.66. The molecule has 1 heterocycles. The van der Waals surface area contributed by atoms with Gasteiger partial charge in [-0.1, -0.05) is 6.42 Å². The molecule has 0 radical (unpaired) electrons. The van der Waals surface area contributed by atoms with Crippen molar-refractivity contribution >= 4 is 0 Å². The Bertz CT molecular complexity index is 106. The predicted octanol–water partition coefficient (Wildman–Crippen LogP) is 1.80. The van der Waals surface area contributed by atoms with Gasteiger partial charge in [0.2, 0.25) is 0 Å². The molecule has 1 atom stereocenters. The van der Waals surface area contributed by atoms with Gasteiger partial charge in [0.25, 0.3) is 0 Å². The molecule has 72 valence electrons. The first-order valence-electron chi connectivity index (χ1n) is 5.11. The minimum Gasteiger partial charge on any atom is -0.378 e. The van der Waals surface area contributed by atoms with E-state index in [0.29, 0.717) is 6.10 Å². The molecule has 2 heteroatoms. The highest BCUT2D eigenvalue weighted by Gasteiger charge is 2.11. The topological polar surface area (TPSA) is 21.3 Å². The quantitative estimate of drug-likeness (QED) is 0.699. The van der Waals surface area contributed by atoms with Crippen LogP contribution in [0.4, 0.5) is 0 Å². The van der Waals surface area contributed by atoms with Crippen molar-refractivity contribution in [3.05, 3.63) is 0 Å². The van der Waals surface area contributed by atoms with Gasteiger partial charge < -0.3 is 10.1 Å². The van der Waals surface area contributed by atoms with Crippen LogP contribution in [0.1, 0.15) is 33.1 Å². The van der Waals surface area contributed by atoms with Crippen molar-refractivity contribution in [3.63, 3.8) is 0 Å². The van der Waals surface area contributed by atoms with Gasteiger partial charge in [0, 0.05) is 6.54 Å². The Balaban J connectivity index is 2.12. The number of ether oxygens (including phenoxy) is 1. The fraction of sp³-hybridized carbons (Fsp3) is 1.00. The van der Waals surface area contributed by atoms with Crippen LogP contribution in [0.2, 0.25) is 0 Å². The number of rotatable bonds is 3. The molecule has 0 saturated carbocycles. The third-order valence-electron chi connectivity index (χ3n) is 2.31. The lowest BCUT2D eigenvalue weighted by Crippen LogP contribution is -2.24. The molecule has 1 aliphatic rings. The van der Waals surface area contributed by atoms with E-state index in [0.717, 1.165) is 19.1 Å². The summed E-state index contributed by atoms with van der Waals surface area (Å²) < 4.78 is 5.60. The van der Waals surface area contributed by atoms with Crippen molar-refractivity contribution in [2.45, 2.75) is 39.2 Å². The van der Waals surface area contributed by atoms with E-state index >= 15 is 0 Å². The Hall–Kier alpha value is -0.0800. The number of nitrogens with one attached hydrogen (secondary N) is 1. The lowest BCUT2D eigenvalue weighted by atomic mass is 10.1. The second-order valence-corrected chi connectivity index (χ2v) is 3.95. The summed E-state index contributed by atoms with van der Waals surface area (Å²) in [6, 6.07) is 0. The van der Waals surface area contributed by atoms with E-state index < -0.39 is 0 Å². The van der Waals surface area contributed by atoms with E-state index in [1.807, 2.05) is 0 Å². The highest BCUT2D eigenvalue weighted by atomic mass is 16.5. The third-order valence-corrected chi connectivity index (χ3v) is 2.31. The minimum absolute atomic E-state index is 0.383. The molecule has 1 N–H and O–H groups in total. The molecule has 1 aliphatic heterocycles. The molecule has 0 aromatic carbocycles. The summed E-state index contributed by atoms with van der Waals surface area (Å²) in [4.78, 5) is 0. The molecule has 1 fully saturated rings. The molecule has 0 aromatic rings. The molecule has 1 unspecified atom stereocenters. The highest BCUT2D eigenvalue weighted by Crippen LogP contribution is 2.11. The van der Waals surface area contributed by atoms with Crippen LogP contribution < -0.4 is 5.32 Å². The lowest BCUT2D eigenvalue weighted by molar-refractivity contribution is 0.0501. The zero-order valence-corrected chi connectivity index (χ0v) is 8.31. The average Bonchev–Trinajstić information content (AvgIpc) is 2.28. The van der Waals surface area contributed by atoms with Gasteiger partial charge in [0.15, 0.2) is 0 Å². The van der Waals surface area contributed by atoms with Crippen molar-refractivity contribution in [1.29, 1.82) is 0 Å². The Morgan fingerprint density at radius 2 is 2.25 bits per heavy atom. The maximum atomic E-state index is 5.60. The van der Waals surface area contributed by atoms with Crippen LogP contribution in [0, 0.1) is 5.92 Å². The van der Waals surface area contributed by atoms with Gasteiger partial charge in [-0.05, 0) is 39.2 Å². The molecule has 1 rings (SSSR count). The second-order valence-electron chi connectivity index (χ2n) is 3.95. The predicted molar refractivity (Wildman–Crippen MR) is 51.3 cm³/mol. The zero-order valence-electron chi connectivity index (χ0n) is 8.31. The van der Waals surface area contributed by atoms with E-state index in [1.165, 1.54) is 25.8 Å². The number of hydrogen-bond donors (Lipinski definition) is 1. The van der Waals surface area contributed by atoms with Gasteiger partial charge in [-0.25, -0.2) is 0 Å². The molecular formula is C10H21NO. The van der Waals surface area contributed by atoms with Crippen molar-refractivity contribution in [3.8, 4) is 0 Å². The van der Waals surface area contributed by atoms with Crippen LogP contribution >= 0.6 is 0 Å². The normalized spacial score (nSPS) is 25.8. The molecule has 0 aromatic heterocycles. The summed E-state index contributed by atoms with van der Waals surface area (Å²) in [6.07, 6.45) is 4.41. The minimum atomic E-state index is 0.383. The molecule has 1 saturated heterocycles. The van der Waals surface area contributed by atoms with Gasteiger partial charge in [-0.2, -0.15) is 0 Å². The maximum absolute atomic E-state index is 5.60. The third kappa shape index (κ3) is 4.07. The fourth-order valence-corrected chi connectivity index (χ4v) is 1.56. The Morgan fingerprint density at radius 1 is 1.42 bits per heavy atom. The largest absolute Gasteiger partial charge is 0.378 e. The molecule has 0 bridgehead atoms. The maximum Gasteiger partial charge on any atom is 0.0519 e. The summed E-state index contributed by atoms with van der Waals surface area (Å²) in [5, 5.41) is 3.44. The summed E-state index contributed by atoms with van der Waals surface area (Å²) in [5.41, 5.74) is 0. The van der Waals surface area contributed by atoms with Crippen LogP contribution in [-0.4, -0.2) is 25.8 Å². The van der Waals surface area contributed by atoms with E-state index in [9.17, 15) is 0 Å². The SMILES string of the molecule is CC(C)OCC1CCCCNC1. The van der Waals surface area contributed by atoms with Gasteiger partial charge >= 0.3 is 0 Å². The summed E-state index contributed by atoms with van der Waals surface area (Å²) in [5.74, 6) is 0.745. The first-order valence-corrected chi connectivity index (χ1v) is 5.11. The van der Waals surface area contributed by atoms with Crippen molar-refractivity contribution in [2.24, 2.45) is 5.92 Å². The van der Waals surface area contributed by atoms with Crippen molar-refractivity contribution in [1.82, 2.24) is 5.32 Å². The molecule has 0 spiro atoms. The summed E-state index contributed by atoms with van der Waals surface area (Å²) in [6.45, 7) is 7.48. The van der Waals surface area contributed by atoms with E-state index in [-0.39, 0.29) is 0 Å². The smallest absolute Gasteiger partial charge is 0.0519 e. The van der Waals surface area contributed by atoms with Gasteiger partial charge in [-0.3, -0.25) is 0 Å². The Kier molecular flexibility index (Phi) is 4.62. The fourth-order valence-electron chi connectivity index (χ4n) is 1.56. The summed E-state index contributed by atoms with van der Waals surface area (Å²) in [7, 11) is 0. The van der Waals surface area contributed by atoms with Crippen LogP contribution in [0.3, 0.4) is 0 Å². The van der Waals surface area contributed by atoms with Crippen molar-refractivity contribution in [2.75, 3.05) is 19.7 Å². The molecule has 2 nitrogen and oxygen atoms in total. The Morgan fingerprint density at radius 3 is 3.00 bits per heavy atom. The van der Waals surface area contributed by atoms with Crippen LogP contribution in [-0.2, 0) is 4.74 Å². The van der Waals surface area contributed by atoms with E-state index in [4.69, 9.17) is 4.74 Å². The number of hydrogen-bond acceptors (Lipinski definition) is 2. The van der Waals surface area contributed by atoms with Gasteiger partial charge in [0.1, 0.15) is 0 Å². The Labute approximate surface area is 75.7 Å². The lowest BCUT2D eigenvalue weighted by Gasteiger charge is -2.16. The van der Waals surface area contributed by atoms with Crippen LogP contribution in [0.25, 0.3) is 0 Å². The second kappa shape index (κ2) is 5.55. The van der Waals surface area contributed by atoms with Crippen LogP contribution in [0.15, 0.2) is 0 Å². The van der Waals surface area contributed by atoms with E-state index in [2.05, 4.69) is 19.2 Å². The summed E-state index contributed by atoms with van der Waals surface area (Å²) >= 11 is 0. The van der Waals surface area contributed by atoms with E-state index in [1.54, 1.807) is 0 Å². The average molecular weight is 171 g/mol. The first-order chi connectivity index (χ1) is 5.79. The molecule has 0 aliphatic carbocycles. The zero-order chi connectivity index (χ0) is 8.81. The monoisotopic (exact) mass is 171 g/mol. The first kappa shape index (κ1) is 10.0. The van der Waals surface area contributed by atoms with Gasteiger partial charge in [-0.15, -0.1) is 0 Å². The van der Waals surface area contributed by atoms with Crippen molar-refractivity contribution < 1.29 is 4.74 Å². The van der Waals surface area contributed by atoms with Gasteiger partial charge in [0.05, 0.1) is 12.7 Å². The molecule has 0 amide bonds. The standard InChI is InChI=1S/C10H21NO/c1-9(2)12-8-10-5-3-4-6-11-7-10/h9-11H,3-8H2,1-2H3. The molecule has 12 heavy (non-hydrogen) atoms. The molecular weight excluding hydrogens is 150 g/mol. The van der Waals surface area contributed by atoms with Crippen LogP contribution in [0.5, 0.6) is 0 Å².